The van der Waals surface area contributed by atoms with Crippen LogP contribution in [-0.4, -0.2) is 15.4 Å². The minimum absolute atomic E-state index is 0.0815. The molecule has 0 amide bonds. The van der Waals surface area contributed by atoms with Crippen LogP contribution in [0, 0.1) is 22.5 Å². The number of anilines is 1. The average molecular weight is 255 g/mol. The van der Waals surface area contributed by atoms with Crippen molar-refractivity contribution >= 4 is 22.3 Å². The molecule has 1 heterocycles. The largest absolute Gasteiger partial charge is 0.363 e. The van der Waals surface area contributed by atoms with E-state index >= 15 is 0 Å². The molecule has 0 radical (unpaired) electrons. The first-order chi connectivity index (χ1) is 8.94. The van der Waals surface area contributed by atoms with Crippen molar-refractivity contribution in [3.63, 3.8) is 0 Å². The number of hydrogen-bond acceptors (Lipinski definition) is 4. The van der Waals surface area contributed by atoms with Crippen LogP contribution in [0.5, 0.6) is 0 Å². The quantitative estimate of drug-likeness (QED) is 0.520. The van der Waals surface area contributed by atoms with Gasteiger partial charge in [-0.1, -0.05) is 24.1 Å². The Kier molecular flexibility index (Phi) is 3.09. The number of hydrogen-bond donors (Lipinski definition) is 1. The van der Waals surface area contributed by atoms with Gasteiger partial charge >= 0.3 is 5.69 Å². The maximum absolute atomic E-state index is 11.1. The molecule has 0 atom stereocenters. The van der Waals surface area contributed by atoms with E-state index in [1.807, 2.05) is 12.1 Å². The van der Waals surface area contributed by atoms with Gasteiger partial charge in [0.15, 0.2) is 0 Å². The van der Waals surface area contributed by atoms with Crippen LogP contribution in [0.4, 0.5) is 11.4 Å². The molecule has 0 aliphatic carbocycles. The van der Waals surface area contributed by atoms with Gasteiger partial charge in [-0.05, 0) is 19.9 Å². The number of benzene rings is 1. The first kappa shape index (κ1) is 12.8. The van der Waals surface area contributed by atoms with Crippen LogP contribution in [0.1, 0.15) is 13.8 Å². The van der Waals surface area contributed by atoms with Gasteiger partial charge in [0, 0.05) is 5.39 Å². The SMILES string of the molecule is C#CC(C)(C)Nc1c([N+](=O)[O-])cnc2ccccc12. The van der Waals surface area contributed by atoms with Gasteiger partial charge in [-0.2, -0.15) is 0 Å². The molecule has 1 aromatic carbocycles. The van der Waals surface area contributed by atoms with Gasteiger partial charge in [0.25, 0.3) is 0 Å². The molecule has 1 aromatic heterocycles. The lowest BCUT2D eigenvalue weighted by Crippen LogP contribution is -2.29. The van der Waals surface area contributed by atoms with Crippen molar-refractivity contribution in [1.29, 1.82) is 0 Å². The molecule has 96 valence electrons. The second-order valence-electron chi connectivity index (χ2n) is 4.69. The van der Waals surface area contributed by atoms with Crippen molar-refractivity contribution in [2.45, 2.75) is 19.4 Å². The van der Waals surface area contributed by atoms with Crippen molar-refractivity contribution in [2.75, 3.05) is 5.32 Å². The third-order valence-corrected chi connectivity index (χ3v) is 2.75. The number of aromatic nitrogens is 1. The zero-order chi connectivity index (χ0) is 14.0. The molecular weight excluding hydrogens is 242 g/mol. The summed E-state index contributed by atoms with van der Waals surface area (Å²) in [5.41, 5.74) is 0.318. The summed E-state index contributed by atoms with van der Waals surface area (Å²) in [4.78, 5) is 14.7. The number of pyridine rings is 1. The summed E-state index contributed by atoms with van der Waals surface area (Å²) in [5.74, 6) is 2.57. The van der Waals surface area contributed by atoms with Crippen LogP contribution in [0.3, 0.4) is 0 Å². The van der Waals surface area contributed by atoms with Crippen LogP contribution in [-0.2, 0) is 0 Å². The summed E-state index contributed by atoms with van der Waals surface area (Å²) in [5, 5.41) is 14.8. The first-order valence-corrected chi connectivity index (χ1v) is 5.73. The van der Waals surface area contributed by atoms with E-state index in [0.29, 0.717) is 16.6 Å². The smallest absolute Gasteiger partial charge is 0.311 e. The van der Waals surface area contributed by atoms with Gasteiger partial charge in [0.2, 0.25) is 0 Å². The first-order valence-electron chi connectivity index (χ1n) is 5.73. The second-order valence-corrected chi connectivity index (χ2v) is 4.69. The Bertz CT molecular complexity index is 687. The number of nitrogens with zero attached hydrogens (tertiary/aromatic N) is 2. The lowest BCUT2D eigenvalue weighted by molar-refractivity contribution is -0.384. The predicted molar refractivity (Wildman–Crippen MR) is 74.9 cm³/mol. The molecule has 0 bridgehead atoms. The highest BCUT2D eigenvalue weighted by atomic mass is 16.6. The summed E-state index contributed by atoms with van der Waals surface area (Å²) in [6, 6.07) is 7.22. The molecule has 5 nitrogen and oxygen atoms in total. The summed E-state index contributed by atoms with van der Waals surface area (Å²) >= 11 is 0. The number of para-hydroxylation sites is 1. The maximum Gasteiger partial charge on any atom is 0.311 e. The Morgan fingerprint density at radius 2 is 2.11 bits per heavy atom. The molecule has 19 heavy (non-hydrogen) atoms. The van der Waals surface area contributed by atoms with E-state index in [1.54, 1.807) is 26.0 Å². The fraction of sp³-hybridized carbons (Fsp3) is 0.214. The highest BCUT2D eigenvalue weighted by molar-refractivity contribution is 5.96. The van der Waals surface area contributed by atoms with Gasteiger partial charge in [-0.15, -0.1) is 6.42 Å². The summed E-state index contributed by atoms with van der Waals surface area (Å²) in [6.45, 7) is 3.57. The maximum atomic E-state index is 11.1. The highest BCUT2D eigenvalue weighted by Gasteiger charge is 2.23. The van der Waals surface area contributed by atoms with Crippen LogP contribution < -0.4 is 5.32 Å². The normalized spacial score (nSPS) is 11.0. The van der Waals surface area contributed by atoms with Crippen molar-refractivity contribution in [3.8, 4) is 12.3 Å². The van der Waals surface area contributed by atoms with Crippen molar-refractivity contribution in [2.24, 2.45) is 0 Å². The molecule has 1 N–H and O–H groups in total. The van der Waals surface area contributed by atoms with Crippen molar-refractivity contribution in [1.82, 2.24) is 4.98 Å². The Morgan fingerprint density at radius 3 is 2.74 bits per heavy atom. The van der Waals surface area contributed by atoms with E-state index in [1.165, 1.54) is 6.20 Å². The number of nitro groups is 1. The monoisotopic (exact) mass is 255 g/mol. The summed E-state index contributed by atoms with van der Waals surface area (Å²) < 4.78 is 0. The Morgan fingerprint density at radius 1 is 1.42 bits per heavy atom. The van der Waals surface area contributed by atoms with Gasteiger partial charge in [-0.3, -0.25) is 10.1 Å². The average Bonchev–Trinajstić information content (AvgIpc) is 2.38. The molecule has 0 saturated carbocycles. The Labute approximate surface area is 110 Å². The molecule has 0 aliphatic rings. The summed E-state index contributed by atoms with van der Waals surface area (Å²) in [7, 11) is 0. The van der Waals surface area contributed by atoms with Crippen molar-refractivity contribution < 1.29 is 4.92 Å². The van der Waals surface area contributed by atoms with Crippen LogP contribution >= 0.6 is 0 Å². The Hall–Kier alpha value is -2.61. The number of rotatable bonds is 3. The van der Waals surface area contributed by atoms with E-state index in [9.17, 15) is 10.1 Å². The van der Waals surface area contributed by atoms with E-state index in [-0.39, 0.29) is 5.69 Å². The molecule has 0 fully saturated rings. The number of fused-ring (bicyclic) bond motifs is 1. The van der Waals surface area contributed by atoms with E-state index in [4.69, 9.17) is 6.42 Å². The molecule has 0 aliphatic heterocycles. The van der Waals surface area contributed by atoms with E-state index in [0.717, 1.165) is 0 Å². The topological polar surface area (TPSA) is 68.1 Å². The van der Waals surface area contributed by atoms with Crippen LogP contribution in [0.15, 0.2) is 30.5 Å². The lowest BCUT2D eigenvalue weighted by atomic mass is 10.0. The summed E-state index contributed by atoms with van der Waals surface area (Å²) in [6.07, 6.45) is 6.67. The van der Waals surface area contributed by atoms with Gasteiger partial charge in [0.05, 0.1) is 16.0 Å². The number of nitrogens with one attached hydrogen (secondary N) is 1. The van der Waals surface area contributed by atoms with Gasteiger partial charge in [0.1, 0.15) is 11.9 Å². The van der Waals surface area contributed by atoms with Crippen molar-refractivity contribution in [3.05, 3.63) is 40.6 Å². The molecule has 0 unspecified atom stereocenters. The van der Waals surface area contributed by atoms with Crippen LogP contribution in [0.2, 0.25) is 0 Å². The van der Waals surface area contributed by atoms with Crippen LogP contribution in [0.25, 0.3) is 10.9 Å². The third-order valence-electron chi connectivity index (χ3n) is 2.75. The molecule has 0 spiro atoms. The molecule has 2 aromatic rings. The number of terminal acetylenes is 1. The highest BCUT2D eigenvalue weighted by Crippen LogP contribution is 2.33. The molecule has 5 heteroatoms. The van der Waals surface area contributed by atoms with Gasteiger partial charge in [-0.25, -0.2) is 4.98 Å². The molecular formula is C14H13N3O2. The second kappa shape index (κ2) is 4.58. The zero-order valence-corrected chi connectivity index (χ0v) is 10.7. The predicted octanol–water partition coefficient (Wildman–Crippen LogP) is 2.97. The molecule has 0 saturated heterocycles. The lowest BCUT2D eigenvalue weighted by Gasteiger charge is -2.21. The fourth-order valence-electron chi connectivity index (χ4n) is 1.75. The standard InChI is InChI=1S/C14H13N3O2/c1-4-14(2,3)16-13-10-7-5-6-8-11(10)15-9-12(13)17(18)19/h1,5-9H,2-3H3,(H,15,16). The third kappa shape index (κ3) is 2.47. The zero-order valence-electron chi connectivity index (χ0n) is 10.7. The minimum Gasteiger partial charge on any atom is -0.363 e. The van der Waals surface area contributed by atoms with E-state index in [2.05, 4.69) is 16.2 Å². The fourth-order valence-corrected chi connectivity index (χ4v) is 1.75. The molecule has 2 rings (SSSR count). The minimum atomic E-state index is -0.686. The van der Waals surface area contributed by atoms with Gasteiger partial charge < -0.3 is 5.32 Å². The van der Waals surface area contributed by atoms with E-state index < -0.39 is 10.5 Å². The Balaban J connectivity index is 2.70.